The van der Waals surface area contributed by atoms with Crippen LogP contribution in [0.3, 0.4) is 0 Å². The summed E-state index contributed by atoms with van der Waals surface area (Å²) in [4.78, 5) is 26.3. The van der Waals surface area contributed by atoms with Crippen molar-refractivity contribution in [2.24, 2.45) is 0 Å². The zero-order chi connectivity index (χ0) is 38.5. The maximum Gasteiger partial charge on any atom is 0.269 e. The summed E-state index contributed by atoms with van der Waals surface area (Å²) in [5.41, 5.74) is 10.2. The molecule has 0 N–H and O–H groups in total. The predicted molar refractivity (Wildman–Crippen MR) is 228 cm³/mol. The number of hydrogen-bond acceptors (Lipinski definition) is 6. The van der Waals surface area contributed by atoms with Gasteiger partial charge < -0.3 is 9.80 Å². The molecule has 274 valence electrons. The Hall–Kier alpha value is -6.54. The van der Waals surface area contributed by atoms with Gasteiger partial charge in [0.15, 0.2) is 0 Å². The molecule has 54 heavy (non-hydrogen) atoms. The van der Waals surface area contributed by atoms with Crippen LogP contribution in [0.15, 0.2) is 109 Å². The van der Waals surface area contributed by atoms with Crippen LogP contribution >= 0.6 is 0 Å². The van der Waals surface area contributed by atoms with Crippen LogP contribution in [0.25, 0.3) is 48.6 Å². The molecule has 0 bridgehead atoms. The van der Waals surface area contributed by atoms with E-state index in [1.807, 2.05) is 24.3 Å². The zero-order valence-corrected chi connectivity index (χ0v) is 31.3. The molecular formula is C46H46N4O4. The number of anilines is 2. The van der Waals surface area contributed by atoms with Gasteiger partial charge in [-0.05, 0) is 133 Å². The fourth-order valence-electron chi connectivity index (χ4n) is 6.17. The highest BCUT2D eigenvalue weighted by Crippen LogP contribution is 2.27. The SMILES string of the molecule is CCN(CC)c1ccc(/C=C/c2cc(/C=C/c3ccc([N+](=O)[O-])cc3)c(/C=C/c3ccc(N(CC)CC)cc3)cc2/C=C/c2ccc([N+](=O)[O-])cc2)cc1. The Morgan fingerprint density at radius 1 is 0.407 bits per heavy atom. The van der Waals surface area contributed by atoms with Crippen molar-refractivity contribution < 1.29 is 9.85 Å². The van der Waals surface area contributed by atoms with Crippen molar-refractivity contribution >= 4 is 71.4 Å². The standard InChI is InChI=1S/C46H46N4O4/c1-5-47(6-2)43-25-13-35(14-26-43)9-21-39-33-42(24-12-38-19-31-46(32-20-38)50(53)54)40(22-10-36-15-27-44(28-16-36)48(7-3)8-4)34-41(39)23-11-37-17-29-45(30-18-37)49(51)52/h9-34H,5-8H2,1-4H3/b21-9+,22-10+,23-11+,24-12+. The summed E-state index contributed by atoms with van der Waals surface area (Å²) in [5, 5.41) is 22.5. The van der Waals surface area contributed by atoms with Crippen molar-refractivity contribution in [1.29, 1.82) is 0 Å². The van der Waals surface area contributed by atoms with E-state index >= 15 is 0 Å². The van der Waals surface area contributed by atoms with Gasteiger partial charge >= 0.3 is 0 Å². The Morgan fingerprint density at radius 3 is 0.870 bits per heavy atom. The van der Waals surface area contributed by atoms with Crippen LogP contribution in [0.4, 0.5) is 22.7 Å². The predicted octanol–water partition coefficient (Wildman–Crippen LogP) is 11.9. The van der Waals surface area contributed by atoms with Crippen LogP contribution in [0.5, 0.6) is 0 Å². The molecule has 0 unspecified atom stereocenters. The Balaban J connectivity index is 1.59. The highest BCUT2D eigenvalue weighted by molar-refractivity contribution is 5.87. The third-order valence-electron chi connectivity index (χ3n) is 9.36. The average Bonchev–Trinajstić information content (AvgIpc) is 3.20. The molecule has 5 aromatic carbocycles. The molecule has 0 saturated carbocycles. The van der Waals surface area contributed by atoms with Gasteiger partial charge in [-0.2, -0.15) is 0 Å². The lowest BCUT2D eigenvalue weighted by molar-refractivity contribution is -0.385. The summed E-state index contributed by atoms with van der Waals surface area (Å²) in [5.74, 6) is 0. The second-order valence-electron chi connectivity index (χ2n) is 12.7. The monoisotopic (exact) mass is 718 g/mol. The zero-order valence-electron chi connectivity index (χ0n) is 31.3. The average molecular weight is 719 g/mol. The highest BCUT2D eigenvalue weighted by atomic mass is 16.6. The summed E-state index contributed by atoms with van der Waals surface area (Å²) in [6, 6.07) is 34.3. The molecule has 0 aromatic heterocycles. The van der Waals surface area contributed by atoms with E-state index in [1.165, 1.54) is 35.6 Å². The number of non-ortho nitro benzene ring substituents is 2. The van der Waals surface area contributed by atoms with Crippen LogP contribution in [-0.2, 0) is 0 Å². The molecule has 5 rings (SSSR count). The fraction of sp³-hybridized carbons (Fsp3) is 0.174. The minimum Gasteiger partial charge on any atom is -0.372 e. The van der Waals surface area contributed by atoms with Crippen LogP contribution in [0.1, 0.15) is 72.2 Å². The van der Waals surface area contributed by atoms with Crippen LogP contribution in [-0.4, -0.2) is 36.0 Å². The molecule has 0 saturated heterocycles. The van der Waals surface area contributed by atoms with Gasteiger partial charge in [-0.3, -0.25) is 20.2 Å². The van der Waals surface area contributed by atoms with Crippen molar-refractivity contribution in [3.8, 4) is 0 Å². The molecule has 0 atom stereocenters. The first-order chi connectivity index (χ1) is 26.2. The maximum atomic E-state index is 11.2. The molecule has 8 nitrogen and oxygen atoms in total. The number of nitro benzene ring substituents is 2. The Kier molecular flexibility index (Phi) is 13.5. The Bertz CT molecular complexity index is 1980. The van der Waals surface area contributed by atoms with Gasteiger partial charge in [0.05, 0.1) is 9.85 Å². The quantitative estimate of drug-likeness (QED) is 0.0573. The molecule has 0 aliphatic carbocycles. The van der Waals surface area contributed by atoms with Crippen molar-refractivity contribution in [3.63, 3.8) is 0 Å². The van der Waals surface area contributed by atoms with Gasteiger partial charge in [-0.25, -0.2) is 0 Å². The smallest absolute Gasteiger partial charge is 0.269 e. The second-order valence-corrected chi connectivity index (χ2v) is 12.7. The first-order valence-electron chi connectivity index (χ1n) is 18.3. The van der Waals surface area contributed by atoms with E-state index in [0.29, 0.717) is 0 Å². The van der Waals surface area contributed by atoms with E-state index in [0.717, 1.165) is 70.7 Å². The fourth-order valence-corrected chi connectivity index (χ4v) is 6.17. The number of hydrogen-bond donors (Lipinski definition) is 0. The summed E-state index contributed by atoms with van der Waals surface area (Å²) in [7, 11) is 0. The molecule has 0 radical (unpaired) electrons. The topological polar surface area (TPSA) is 92.8 Å². The lowest BCUT2D eigenvalue weighted by Gasteiger charge is -2.20. The van der Waals surface area contributed by atoms with Crippen molar-refractivity contribution in [2.45, 2.75) is 27.7 Å². The van der Waals surface area contributed by atoms with E-state index in [9.17, 15) is 20.2 Å². The Labute approximate surface area is 318 Å². The molecule has 8 heteroatoms. The number of benzene rings is 5. The minimum atomic E-state index is -0.399. The molecule has 0 aliphatic rings. The van der Waals surface area contributed by atoms with Crippen molar-refractivity contribution in [1.82, 2.24) is 0 Å². The van der Waals surface area contributed by atoms with Gasteiger partial charge in [0.2, 0.25) is 0 Å². The van der Waals surface area contributed by atoms with Crippen LogP contribution < -0.4 is 9.80 Å². The normalized spacial score (nSPS) is 11.6. The molecule has 0 heterocycles. The molecule has 0 amide bonds. The van der Waals surface area contributed by atoms with Gasteiger partial charge in [0, 0.05) is 61.8 Å². The third kappa shape index (κ3) is 10.3. The number of rotatable bonds is 16. The first kappa shape index (κ1) is 38.7. The molecule has 5 aromatic rings. The van der Waals surface area contributed by atoms with E-state index in [4.69, 9.17) is 0 Å². The van der Waals surface area contributed by atoms with E-state index in [1.54, 1.807) is 24.3 Å². The summed E-state index contributed by atoms with van der Waals surface area (Å²) in [6.45, 7) is 12.4. The van der Waals surface area contributed by atoms with E-state index in [-0.39, 0.29) is 11.4 Å². The van der Waals surface area contributed by atoms with Crippen molar-refractivity contribution in [2.75, 3.05) is 36.0 Å². The third-order valence-corrected chi connectivity index (χ3v) is 9.36. The highest BCUT2D eigenvalue weighted by Gasteiger charge is 2.08. The van der Waals surface area contributed by atoms with Gasteiger partial charge in [-0.1, -0.05) is 72.9 Å². The molecular weight excluding hydrogens is 673 g/mol. The first-order valence-corrected chi connectivity index (χ1v) is 18.3. The summed E-state index contributed by atoms with van der Waals surface area (Å²) >= 11 is 0. The summed E-state index contributed by atoms with van der Waals surface area (Å²) in [6.07, 6.45) is 16.4. The number of nitro groups is 2. The van der Waals surface area contributed by atoms with Gasteiger partial charge in [-0.15, -0.1) is 0 Å². The summed E-state index contributed by atoms with van der Waals surface area (Å²) < 4.78 is 0. The van der Waals surface area contributed by atoms with Gasteiger partial charge in [0.25, 0.3) is 11.4 Å². The van der Waals surface area contributed by atoms with Crippen LogP contribution in [0, 0.1) is 20.2 Å². The molecule has 0 aliphatic heterocycles. The largest absolute Gasteiger partial charge is 0.372 e. The van der Waals surface area contributed by atoms with Crippen molar-refractivity contribution in [3.05, 3.63) is 174 Å². The molecule has 0 fully saturated rings. The van der Waals surface area contributed by atoms with Crippen LogP contribution in [0.2, 0.25) is 0 Å². The lowest BCUT2D eigenvalue weighted by Crippen LogP contribution is -2.21. The van der Waals surface area contributed by atoms with E-state index < -0.39 is 9.85 Å². The minimum absolute atomic E-state index is 0.0458. The molecule has 0 spiro atoms. The van der Waals surface area contributed by atoms with Gasteiger partial charge in [0.1, 0.15) is 0 Å². The maximum absolute atomic E-state index is 11.2. The number of nitrogens with zero attached hydrogens (tertiary/aromatic N) is 4. The second kappa shape index (κ2) is 18.8. The lowest BCUT2D eigenvalue weighted by atomic mass is 9.95. The Morgan fingerprint density at radius 2 is 0.648 bits per heavy atom. The van der Waals surface area contributed by atoms with E-state index in [2.05, 4.69) is 122 Å².